The molecule has 0 aromatic carbocycles. The van der Waals surface area contributed by atoms with Gasteiger partial charge in [0.1, 0.15) is 0 Å². The van der Waals surface area contributed by atoms with Crippen molar-refractivity contribution in [3.8, 4) is 0 Å². The quantitative estimate of drug-likeness (QED) is 0.311. The number of ether oxygens (including phenoxy) is 1. The summed E-state index contributed by atoms with van der Waals surface area (Å²) in [4.78, 5) is 7.44. The molecule has 1 saturated heterocycles. The van der Waals surface area contributed by atoms with Gasteiger partial charge in [-0.05, 0) is 51.9 Å². The van der Waals surface area contributed by atoms with Gasteiger partial charge in [0.25, 0.3) is 0 Å². The molecular formula is C19H39IN4O. The molecule has 1 atom stereocenters. The highest BCUT2D eigenvalue weighted by Crippen LogP contribution is 2.29. The second-order valence-corrected chi connectivity index (χ2v) is 7.47. The molecule has 5 nitrogen and oxygen atoms in total. The fourth-order valence-electron chi connectivity index (χ4n) is 3.49. The van der Waals surface area contributed by atoms with Gasteiger partial charge >= 0.3 is 0 Å². The van der Waals surface area contributed by atoms with Gasteiger partial charge in [-0.3, -0.25) is 4.99 Å². The van der Waals surface area contributed by atoms with Crippen molar-refractivity contribution in [2.24, 2.45) is 10.9 Å². The fourth-order valence-corrected chi connectivity index (χ4v) is 3.49. The molecule has 0 amide bonds. The summed E-state index contributed by atoms with van der Waals surface area (Å²) >= 11 is 0. The number of nitrogens with one attached hydrogen (secondary N) is 2. The third-order valence-electron chi connectivity index (χ3n) is 5.09. The lowest BCUT2D eigenvalue weighted by atomic mass is 10.0. The molecule has 0 aromatic heterocycles. The topological polar surface area (TPSA) is 48.9 Å². The third-order valence-corrected chi connectivity index (χ3v) is 5.09. The van der Waals surface area contributed by atoms with Crippen LogP contribution in [0.1, 0.15) is 59.8 Å². The normalized spacial score (nSPS) is 21.1. The Balaban J connectivity index is 0.00000312. The van der Waals surface area contributed by atoms with Crippen molar-refractivity contribution >= 4 is 29.9 Å². The van der Waals surface area contributed by atoms with Crippen LogP contribution in [0.25, 0.3) is 0 Å². The average Bonchev–Trinajstić information content (AvgIpc) is 3.39. The number of rotatable bonds is 9. The number of halogens is 1. The zero-order chi connectivity index (χ0) is 17.4. The molecule has 25 heavy (non-hydrogen) atoms. The van der Waals surface area contributed by atoms with Gasteiger partial charge in [0, 0.05) is 44.9 Å². The summed E-state index contributed by atoms with van der Waals surface area (Å²) < 4.78 is 5.82. The molecular weight excluding hydrogens is 427 g/mol. The van der Waals surface area contributed by atoms with E-state index in [1.165, 1.54) is 38.8 Å². The maximum absolute atomic E-state index is 5.82. The Hall–Kier alpha value is -0.0800. The van der Waals surface area contributed by atoms with Crippen LogP contribution in [0, 0.1) is 5.92 Å². The molecule has 1 heterocycles. The summed E-state index contributed by atoms with van der Waals surface area (Å²) in [6.45, 7) is 13.6. The SMILES string of the molecule is CCNC(=NCCC(OCC)C(C)C)NC1CCN(C2CC2)CC1.I. The largest absolute Gasteiger partial charge is 0.378 e. The molecule has 148 valence electrons. The molecule has 0 spiro atoms. The summed E-state index contributed by atoms with van der Waals surface area (Å²) in [6.07, 6.45) is 6.59. The molecule has 0 radical (unpaired) electrons. The van der Waals surface area contributed by atoms with Crippen LogP contribution in [-0.2, 0) is 4.74 Å². The van der Waals surface area contributed by atoms with Gasteiger partial charge in [-0.2, -0.15) is 0 Å². The van der Waals surface area contributed by atoms with Crippen molar-refractivity contribution in [1.29, 1.82) is 0 Å². The van der Waals surface area contributed by atoms with E-state index in [2.05, 4.69) is 43.2 Å². The molecule has 1 aliphatic heterocycles. The van der Waals surface area contributed by atoms with Gasteiger partial charge in [-0.25, -0.2) is 0 Å². The van der Waals surface area contributed by atoms with Gasteiger partial charge in [0.2, 0.25) is 0 Å². The van der Waals surface area contributed by atoms with E-state index in [-0.39, 0.29) is 24.0 Å². The molecule has 2 rings (SSSR count). The maximum atomic E-state index is 5.82. The highest BCUT2D eigenvalue weighted by atomic mass is 127. The lowest BCUT2D eigenvalue weighted by Gasteiger charge is -2.33. The van der Waals surface area contributed by atoms with Gasteiger partial charge < -0.3 is 20.3 Å². The number of piperidine rings is 1. The minimum Gasteiger partial charge on any atom is -0.378 e. The lowest BCUT2D eigenvalue weighted by Crippen LogP contribution is -2.49. The Labute approximate surface area is 171 Å². The van der Waals surface area contributed by atoms with Crippen LogP contribution in [0.5, 0.6) is 0 Å². The predicted octanol–water partition coefficient (Wildman–Crippen LogP) is 3.24. The van der Waals surface area contributed by atoms with Crippen LogP contribution in [0.2, 0.25) is 0 Å². The predicted molar refractivity (Wildman–Crippen MR) is 117 cm³/mol. The second-order valence-electron chi connectivity index (χ2n) is 7.47. The first-order valence-electron chi connectivity index (χ1n) is 10.0. The number of hydrogen-bond donors (Lipinski definition) is 2. The summed E-state index contributed by atoms with van der Waals surface area (Å²) in [5, 5.41) is 7.04. The molecule has 2 N–H and O–H groups in total. The Morgan fingerprint density at radius 2 is 1.84 bits per heavy atom. The molecule has 1 unspecified atom stereocenters. The molecule has 2 fully saturated rings. The van der Waals surface area contributed by atoms with E-state index in [1.54, 1.807) is 0 Å². The first-order valence-corrected chi connectivity index (χ1v) is 10.0. The van der Waals surface area contributed by atoms with E-state index in [9.17, 15) is 0 Å². The van der Waals surface area contributed by atoms with Gasteiger partial charge in [0.05, 0.1) is 6.10 Å². The van der Waals surface area contributed by atoms with Crippen LogP contribution in [0.4, 0.5) is 0 Å². The molecule has 1 saturated carbocycles. The van der Waals surface area contributed by atoms with Crippen molar-refractivity contribution in [3.05, 3.63) is 0 Å². The van der Waals surface area contributed by atoms with Crippen molar-refractivity contribution < 1.29 is 4.74 Å². The number of likely N-dealkylation sites (tertiary alicyclic amines) is 1. The number of nitrogens with zero attached hydrogens (tertiary/aromatic N) is 2. The molecule has 0 bridgehead atoms. The Morgan fingerprint density at radius 3 is 2.36 bits per heavy atom. The Bertz CT molecular complexity index is 380. The monoisotopic (exact) mass is 466 g/mol. The summed E-state index contributed by atoms with van der Waals surface area (Å²) in [5.74, 6) is 1.52. The highest BCUT2D eigenvalue weighted by molar-refractivity contribution is 14.0. The van der Waals surface area contributed by atoms with Crippen LogP contribution >= 0.6 is 24.0 Å². The maximum Gasteiger partial charge on any atom is 0.191 e. The van der Waals surface area contributed by atoms with Gasteiger partial charge in [-0.15, -0.1) is 24.0 Å². The first kappa shape index (κ1) is 23.0. The van der Waals surface area contributed by atoms with E-state index in [1.807, 2.05) is 0 Å². The average molecular weight is 466 g/mol. The van der Waals surface area contributed by atoms with E-state index in [0.717, 1.165) is 38.1 Å². The van der Waals surface area contributed by atoms with Crippen LogP contribution in [0.15, 0.2) is 4.99 Å². The lowest BCUT2D eigenvalue weighted by molar-refractivity contribution is 0.0266. The van der Waals surface area contributed by atoms with E-state index in [4.69, 9.17) is 9.73 Å². The molecule has 6 heteroatoms. The van der Waals surface area contributed by atoms with Crippen molar-refractivity contribution in [2.75, 3.05) is 32.8 Å². The minimum absolute atomic E-state index is 0. The first-order chi connectivity index (χ1) is 11.6. The van der Waals surface area contributed by atoms with Crippen LogP contribution < -0.4 is 10.6 Å². The van der Waals surface area contributed by atoms with E-state index < -0.39 is 0 Å². The Kier molecular flexibility index (Phi) is 11.3. The zero-order valence-electron chi connectivity index (χ0n) is 16.6. The van der Waals surface area contributed by atoms with Crippen molar-refractivity contribution in [1.82, 2.24) is 15.5 Å². The zero-order valence-corrected chi connectivity index (χ0v) is 18.9. The van der Waals surface area contributed by atoms with Gasteiger partial charge in [-0.1, -0.05) is 13.8 Å². The number of hydrogen-bond acceptors (Lipinski definition) is 3. The summed E-state index contributed by atoms with van der Waals surface area (Å²) in [6, 6.07) is 1.46. The highest BCUT2D eigenvalue weighted by Gasteiger charge is 2.31. The third kappa shape index (κ3) is 8.43. The van der Waals surface area contributed by atoms with Gasteiger partial charge in [0.15, 0.2) is 5.96 Å². The molecule has 0 aromatic rings. The number of aliphatic imine (C=N–C) groups is 1. The van der Waals surface area contributed by atoms with Crippen LogP contribution in [-0.4, -0.2) is 61.8 Å². The molecule has 1 aliphatic carbocycles. The Morgan fingerprint density at radius 1 is 1.16 bits per heavy atom. The minimum atomic E-state index is 0. The second kappa shape index (κ2) is 12.3. The van der Waals surface area contributed by atoms with E-state index >= 15 is 0 Å². The smallest absolute Gasteiger partial charge is 0.191 e. The fraction of sp³-hybridized carbons (Fsp3) is 0.947. The van der Waals surface area contributed by atoms with Crippen molar-refractivity contribution in [2.45, 2.75) is 78.0 Å². The van der Waals surface area contributed by atoms with Crippen molar-refractivity contribution in [3.63, 3.8) is 0 Å². The molecule has 2 aliphatic rings. The summed E-state index contributed by atoms with van der Waals surface area (Å²) in [5.41, 5.74) is 0. The number of guanidine groups is 1. The van der Waals surface area contributed by atoms with E-state index in [0.29, 0.717) is 18.1 Å². The van der Waals surface area contributed by atoms with Crippen LogP contribution in [0.3, 0.4) is 0 Å². The summed E-state index contributed by atoms with van der Waals surface area (Å²) in [7, 11) is 0. The standard InChI is InChI=1S/C19H38N4O.HI/c1-5-20-19(21-12-9-18(15(3)4)24-6-2)22-16-10-13-23(14-11-16)17-7-8-17;/h15-18H,5-14H2,1-4H3,(H2,20,21,22);1H.